The van der Waals surface area contributed by atoms with Gasteiger partial charge in [-0.05, 0) is 74.4 Å². The first-order valence-electron chi connectivity index (χ1n) is 14.6. The molecule has 1 unspecified atom stereocenters. The quantitative estimate of drug-likeness (QED) is 0.213. The van der Waals surface area contributed by atoms with Crippen molar-refractivity contribution in [2.24, 2.45) is 5.92 Å². The molecule has 220 valence electrons. The summed E-state index contributed by atoms with van der Waals surface area (Å²) in [6.07, 6.45) is 4.56. The normalized spacial score (nSPS) is 17.1. The third kappa shape index (κ3) is 8.45. The molecule has 0 spiro atoms. The highest BCUT2D eigenvalue weighted by molar-refractivity contribution is 6.35. The van der Waals surface area contributed by atoms with Gasteiger partial charge >= 0.3 is 0 Å². The van der Waals surface area contributed by atoms with E-state index in [-0.39, 0.29) is 23.8 Å². The van der Waals surface area contributed by atoms with Gasteiger partial charge in [-0.2, -0.15) is 5.26 Å². The fourth-order valence-corrected chi connectivity index (χ4v) is 5.37. The average molecular weight is 586 g/mol. The zero-order valence-corrected chi connectivity index (χ0v) is 25.5. The van der Waals surface area contributed by atoms with Crippen molar-refractivity contribution >= 4 is 17.5 Å². The van der Waals surface area contributed by atoms with Gasteiger partial charge in [-0.3, -0.25) is 4.79 Å². The molecule has 7 heteroatoms. The lowest BCUT2D eigenvalue weighted by Crippen LogP contribution is -2.46. The van der Waals surface area contributed by atoms with Crippen molar-refractivity contribution in [1.29, 1.82) is 5.26 Å². The highest BCUT2D eigenvalue weighted by Gasteiger charge is 2.28. The Kier molecular flexibility index (Phi) is 10.8. The van der Waals surface area contributed by atoms with E-state index in [0.29, 0.717) is 42.0 Å². The summed E-state index contributed by atoms with van der Waals surface area (Å²) in [6.45, 7) is 8.86. The Morgan fingerprint density at radius 2 is 1.81 bits per heavy atom. The summed E-state index contributed by atoms with van der Waals surface area (Å²) in [5, 5.41) is 27.1. The summed E-state index contributed by atoms with van der Waals surface area (Å²) < 4.78 is 6.18. The number of halogens is 1. The fraction of sp³-hybridized carbons (Fsp3) is 0.371. The highest BCUT2D eigenvalue weighted by Crippen LogP contribution is 2.33. The van der Waals surface area contributed by atoms with Crippen LogP contribution < -0.4 is 10.6 Å². The Labute approximate surface area is 254 Å². The summed E-state index contributed by atoms with van der Waals surface area (Å²) in [7, 11) is 0. The number of benzene rings is 2. The second kappa shape index (κ2) is 14.5. The second-order valence-electron chi connectivity index (χ2n) is 11.6. The van der Waals surface area contributed by atoms with E-state index in [1.807, 2.05) is 50.3 Å². The van der Waals surface area contributed by atoms with E-state index in [1.54, 1.807) is 12.1 Å². The number of nitrogens with zero attached hydrogens (tertiary/aromatic N) is 1. The van der Waals surface area contributed by atoms with Gasteiger partial charge in [-0.15, -0.1) is 0 Å². The lowest BCUT2D eigenvalue weighted by molar-refractivity contribution is -0.118. The lowest BCUT2D eigenvalue weighted by Gasteiger charge is -2.27. The molecule has 4 rings (SSSR count). The van der Waals surface area contributed by atoms with E-state index in [1.165, 1.54) is 11.1 Å². The van der Waals surface area contributed by atoms with Crippen LogP contribution in [-0.2, 0) is 17.8 Å². The molecule has 1 aliphatic carbocycles. The van der Waals surface area contributed by atoms with Gasteiger partial charge in [-0.1, -0.05) is 79.6 Å². The Morgan fingerprint density at radius 1 is 1.10 bits per heavy atom. The van der Waals surface area contributed by atoms with Crippen LogP contribution in [0.1, 0.15) is 79.3 Å². The zero-order chi connectivity index (χ0) is 30.2. The summed E-state index contributed by atoms with van der Waals surface area (Å²) in [4.78, 5) is 13.5. The number of allylic oxidation sites excluding steroid dienone is 2. The van der Waals surface area contributed by atoms with Crippen molar-refractivity contribution in [3.63, 3.8) is 0 Å². The smallest absolute Gasteiger partial charge is 0.252 e. The van der Waals surface area contributed by atoms with Crippen LogP contribution in [0, 0.1) is 24.2 Å². The molecule has 2 aromatic carbocycles. The number of aliphatic hydroxyl groups excluding tert-OH is 1. The number of hydrogen-bond donors (Lipinski definition) is 3. The third-order valence-electron chi connectivity index (χ3n) is 7.66. The van der Waals surface area contributed by atoms with Crippen molar-refractivity contribution < 1.29 is 14.3 Å². The van der Waals surface area contributed by atoms with E-state index in [9.17, 15) is 9.90 Å². The number of nitriles is 1. The number of aryl methyl sites for hydroxylation is 1. The van der Waals surface area contributed by atoms with Crippen LogP contribution in [0.4, 0.5) is 0 Å². The van der Waals surface area contributed by atoms with Crippen molar-refractivity contribution in [2.45, 2.75) is 77.6 Å². The van der Waals surface area contributed by atoms with E-state index >= 15 is 0 Å². The minimum absolute atomic E-state index is 0.130. The zero-order valence-electron chi connectivity index (χ0n) is 24.7. The van der Waals surface area contributed by atoms with Crippen molar-refractivity contribution in [1.82, 2.24) is 10.6 Å². The molecule has 3 N–H and O–H groups in total. The maximum Gasteiger partial charge on any atom is 0.252 e. The Bertz CT molecular complexity index is 1450. The number of rotatable bonds is 12. The standard InChI is InChI=1S/C35H40ClN3O3/c1-22(2)17-33(40)32(18-25-7-9-26(20-37)10-8-25)39-35(41)30-19-28(13-15-31(30)36)34-16-14-29(42-34)21-38-24(4)27-11-5-23(3)6-12-27/h5-12,14-16,19,22,24,28,32-33,38,40H,13,17-18,21H2,1-4H3,(H,39,41)/t24-,28?,32-,33-/m1/s1. The van der Waals surface area contributed by atoms with Gasteiger partial charge in [0.1, 0.15) is 11.5 Å². The largest absolute Gasteiger partial charge is 0.464 e. The van der Waals surface area contributed by atoms with E-state index < -0.39 is 12.1 Å². The first kappa shape index (κ1) is 31.3. The summed E-state index contributed by atoms with van der Waals surface area (Å²) >= 11 is 6.53. The van der Waals surface area contributed by atoms with E-state index in [2.05, 4.69) is 54.8 Å². The topological polar surface area (TPSA) is 98.3 Å². The molecule has 0 saturated carbocycles. The van der Waals surface area contributed by atoms with Crippen LogP contribution in [0.15, 0.2) is 87.8 Å². The highest BCUT2D eigenvalue weighted by atomic mass is 35.5. The molecule has 0 radical (unpaired) electrons. The number of hydrogen-bond acceptors (Lipinski definition) is 5. The number of amides is 1. The van der Waals surface area contributed by atoms with Crippen molar-refractivity contribution in [3.8, 4) is 6.07 Å². The summed E-state index contributed by atoms with van der Waals surface area (Å²) in [5.41, 5.74) is 4.31. The van der Waals surface area contributed by atoms with Crippen molar-refractivity contribution in [3.05, 3.63) is 117 Å². The monoisotopic (exact) mass is 585 g/mol. The number of nitrogens with one attached hydrogen (secondary N) is 2. The van der Waals surface area contributed by atoms with Gasteiger partial charge in [0.25, 0.3) is 5.91 Å². The first-order chi connectivity index (χ1) is 20.1. The fourth-order valence-electron chi connectivity index (χ4n) is 5.13. The Balaban J connectivity index is 1.44. The average Bonchev–Trinajstić information content (AvgIpc) is 3.45. The minimum Gasteiger partial charge on any atom is -0.464 e. The van der Waals surface area contributed by atoms with E-state index in [0.717, 1.165) is 17.1 Å². The first-order valence-corrected chi connectivity index (χ1v) is 14.9. The van der Waals surface area contributed by atoms with Gasteiger partial charge in [0.05, 0.1) is 35.9 Å². The number of aliphatic hydroxyl groups is 1. The summed E-state index contributed by atoms with van der Waals surface area (Å²) in [5.74, 6) is 1.39. The maximum atomic E-state index is 13.5. The molecule has 1 aliphatic rings. The number of carbonyl (C=O) groups is 1. The van der Waals surface area contributed by atoms with Gasteiger partial charge < -0.3 is 20.2 Å². The predicted octanol–water partition coefficient (Wildman–Crippen LogP) is 6.98. The predicted molar refractivity (Wildman–Crippen MR) is 167 cm³/mol. The van der Waals surface area contributed by atoms with Crippen LogP contribution in [0.5, 0.6) is 0 Å². The molecule has 6 nitrogen and oxygen atoms in total. The molecule has 1 aromatic heterocycles. The molecule has 0 saturated heterocycles. The summed E-state index contributed by atoms with van der Waals surface area (Å²) in [6, 6.07) is 21.4. The molecule has 1 heterocycles. The van der Waals surface area contributed by atoms with Gasteiger partial charge in [0.2, 0.25) is 0 Å². The van der Waals surface area contributed by atoms with Crippen LogP contribution in [0.3, 0.4) is 0 Å². The molecule has 0 bridgehead atoms. The molecule has 0 fully saturated rings. The van der Waals surface area contributed by atoms with Gasteiger partial charge in [-0.25, -0.2) is 0 Å². The molecule has 0 aliphatic heterocycles. The Hall–Kier alpha value is -3.63. The van der Waals surface area contributed by atoms with Gasteiger partial charge in [0.15, 0.2) is 0 Å². The van der Waals surface area contributed by atoms with E-state index in [4.69, 9.17) is 21.3 Å². The maximum absolute atomic E-state index is 13.5. The molecule has 4 atom stereocenters. The number of carbonyl (C=O) groups excluding carboxylic acids is 1. The molecule has 3 aromatic rings. The van der Waals surface area contributed by atoms with Crippen molar-refractivity contribution in [2.75, 3.05) is 0 Å². The lowest BCUT2D eigenvalue weighted by atomic mass is 9.92. The van der Waals surface area contributed by atoms with Crippen LogP contribution in [0.25, 0.3) is 0 Å². The molecule has 1 amide bonds. The SMILES string of the molecule is Cc1ccc([C@@H](C)NCc2ccc(C3C=C(C(=O)N[C@H](Cc4ccc(C#N)cc4)[C@H](O)CC(C)C)C(Cl)=CC3)o2)cc1. The second-order valence-corrected chi connectivity index (χ2v) is 12.0. The van der Waals surface area contributed by atoms with Crippen LogP contribution in [-0.4, -0.2) is 23.2 Å². The third-order valence-corrected chi connectivity index (χ3v) is 8.02. The minimum atomic E-state index is -0.741. The van der Waals surface area contributed by atoms with Gasteiger partial charge in [0, 0.05) is 17.0 Å². The Morgan fingerprint density at radius 3 is 2.48 bits per heavy atom. The van der Waals surface area contributed by atoms with Crippen LogP contribution >= 0.6 is 11.6 Å². The molecular formula is C35H40ClN3O3. The molecular weight excluding hydrogens is 546 g/mol. The molecule has 42 heavy (non-hydrogen) atoms. The van der Waals surface area contributed by atoms with Crippen LogP contribution in [0.2, 0.25) is 0 Å². The number of furan rings is 1.